The highest BCUT2D eigenvalue weighted by Crippen LogP contribution is 2.40. The van der Waals surface area contributed by atoms with Crippen LogP contribution in [-0.2, 0) is 20.8 Å². The van der Waals surface area contributed by atoms with Crippen molar-refractivity contribution in [3.8, 4) is 17.2 Å². The highest BCUT2D eigenvalue weighted by Gasteiger charge is 2.21. The van der Waals surface area contributed by atoms with Crippen LogP contribution in [0.1, 0.15) is 5.56 Å². The number of aliphatic hydroxyl groups is 1. The van der Waals surface area contributed by atoms with E-state index < -0.39 is 0 Å². The molecule has 0 radical (unpaired) electrons. The van der Waals surface area contributed by atoms with Crippen molar-refractivity contribution >= 4 is 0 Å². The first kappa shape index (κ1) is 25.6. The molecule has 0 bridgehead atoms. The molecule has 1 aliphatic heterocycles. The lowest BCUT2D eigenvalue weighted by Crippen LogP contribution is -2.46. The SMILES string of the molecule is COc1ccc(CN2CCN(CCOCCOCCOCCO)CC2)c(OC)c1OC. The lowest BCUT2D eigenvalue weighted by atomic mass is 10.1. The van der Waals surface area contributed by atoms with Crippen molar-refractivity contribution in [1.29, 1.82) is 0 Å². The van der Waals surface area contributed by atoms with Crippen LogP contribution in [0.15, 0.2) is 12.1 Å². The number of piperazine rings is 1. The van der Waals surface area contributed by atoms with Gasteiger partial charge in [0.25, 0.3) is 0 Å². The summed E-state index contributed by atoms with van der Waals surface area (Å²) in [4.78, 5) is 4.85. The van der Waals surface area contributed by atoms with E-state index in [0.717, 1.165) is 50.6 Å². The first-order valence-electron chi connectivity index (χ1n) is 10.8. The van der Waals surface area contributed by atoms with Crippen LogP contribution in [0.4, 0.5) is 0 Å². The third kappa shape index (κ3) is 8.80. The lowest BCUT2D eigenvalue weighted by Gasteiger charge is -2.35. The van der Waals surface area contributed by atoms with Gasteiger partial charge in [0.1, 0.15) is 0 Å². The summed E-state index contributed by atoms with van der Waals surface area (Å²) in [7, 11) is 4.92. The summed E-state index contributed by atoms with van der Waals surface area (Å²) in [6, 6.07) is 3.97. The molecule has 0 saturated carbocycles. The molecule has 1 aromatic carbocycles. The fourth-order valence-electron chi connectivity index (χ4n) is 3.50. The van der Waals surface area contributed by atoms with E-state index in [1.165, 1.54) is 0 Å². The Morgan fingerprint density at radius 1 is 0.710 bits per heavy atom. The Morgan fingerprint density at radius 2 is 1.29 bits per heavy atom. The molecular weight excluding hydrogens is 404 g/mol. The number of hydrogen-bond acceptors (Lipinski definition) is 9. The van der Waals surface area contributed by atoms with Gasteiger partial charge in [-0.05, 0) is 6.07 Å². The minimum absolute atomic E-state index is 0.0434. The Bertz CT molecular complexity index is 610. The number of ether oxygens (including phenoxy) is 6. The summed E-state index contributed by atoms with van der Waals surface area (Å²) < 4.78 is 32.7. The van der Waals surface area contributed by atoms with Crippen LogP contribution in [0.5, 0.6) is 17.2 Å². The summed E-state index contributed by atoms with van der Waals surface area (Å²) in [5.74, 6) is 2.05. The second-order valence-electron chi connectivity index (χ2n) is 7.17. The van der Waals surface area contributed by atoms with Crippen molar-refractivity contribution in [3.63, 3.8) is 0 Å². The topological polar surface area (TPSA) is 82.1 Å². The van der Waals surface area contributed by atoms with Crippen LogP contribution in [0, 0.1) is 0 Å². The molecule has 1 aromatic rings. The van der Waals surface area contributed by atoms with Gasteiger partial charge < -0.3 is 33.5 Å². The minimum Gasteiger partial charge on any atom is -0.493 e. The van der Waals surface area contributed by atoms with E-state index in [2.05, 4.69) is 9.80 Å². The monoisotopic (exact) mass is 442 g/mol. The van der Waals surface area contributed by atoms with Gasteiger partial charge in [-0.1, -0.05) is 6.07 Å². The van der Waals surface area contributed by atoms with E-state index in [9.17, 15) is 0 Å². The number of aliphatic hydroxyl groups excluding tert-OH is 1. The zero-order valence-corrected chi connectivity index (χ0v) is 19.1. The highest BCUT2D eigenvalue weighted by atomic mass is 16.5. The summed E-state index contributed by atoms with van der Waals surface area (Å²) in [5, 5.41) is 8.61. The van der Waals surface area contributed by atoms with Gasteiger partial charge in [-0.2, -0.15) is 0 Å². The van der Waals surface area contributed by atoms with Crippen molar-refractivity contribution in [1.82, 2.24) is 9.80 Å². The number of benzene rings is 1. The maximum absolute atomic E-state index is 8.61. The molecule has 1 fully saturated rings. The number of rotatable bonds is 16. The van der Waals surface area contributed by atoms with Crippen LogP contribution in [-0.4, -0.2) is 115 Å². The van der Waals surface area contributed by atoms with Crippen molar-refractivity contribution in [2.75, 3.05) is 100 Å². The van der Waals surface area contributed by atoms with Gasteiger partial charge in [-0.3, -0.25) is 9.80 Å². The largest absolute Gasteiger partial charge is 0.493 e. The molecule has 9 heteroatoms. The molecule has 9 nitrogen and oxygen atoms in total. The highest BCUT2D eigenvalue weighted by molar-refractivity contribution is 5.55. The van der Waals surface area contributed by atoms with E-state index in [4.69, 9.17) is 33.5 Å². The van der Waals surface area contributed by atoms with Crippen LogP contribution in [0.2, 0.25) is 0 Å². The van der Waals surface area contributed by atoms with Gasteiger partial charge in [-0.15, -0.1) is 0 Å². The van der Waals surface area contributed by atoms with Crippen molar-refractivity contribution in [2.24, 2.45) is 0 Å². The Kier molecular flexibility index (Phi) is 12.6. The van der Waals surface area contributed by atoms with Gasteiger partial charge in [0.2, 0.25) is 5.75 Å². The van der Waals surface area contributed by atoms with Crippen LogP contribution < -0.4 is 14.2 Å². The molecule has 0 amide bonds. The first-order chi connectivity index (χ1) is 15.2. The fourth-order valence-corrected chi connectivity index (χ4v) is 3.50. The Morgan fingerprint density at radius 3 is 1.87 bits per heavy atom. The summed E-state index contributed by atoms with van der Waals surface area (Å²) >= 11 is 0. The first-order valence-corrected chi connectivity index (χ1v) is 10.8. The Balaban J connectivity index is 1.62. The molecule has 1 aliphatic rings. The summed E-state index contributed by atoms with van der Waals surface area (Å²) in [6.07, 6.45) is 0. The smallest absolute Gasteiger partial charge is 0.203 e. The van der Waals surface area contributed by atoms with Gasteiger partial charge in [0.15, 0.2) is 11.5 Å². The number of methoxy groups -OCH3 is 3. The third-order valence-electron chi connectivity index (χ3n) is 5.18. The van der Waals surface area contributed by atoms with E-state index in [0.29, 0.717) is 51.1 Å². The summed E-state index contributed by atoms with van der Waals surface area (Å²) in [5.41, 5.74) is 1.10. The summed E-state index contributed by atoms with van der Waals surface area (Å²) in [6.45, 7) is 9.02. The molecular formula is C22H38N2O7. The van der Waals surface area contributed by atoms with Crippen molar-refractivity contribution in [3.05, 3.63) is 17.7 Å². The molecule has 31 heavy (non-hydrogen) atoms. The molecule has 0 unspecified atom stereocenters. The maximum atomic E-state index is 8.61. The van der Waals surface area contributed by atoms with Crippen LogP contribution in [0.25, 0.3) is 0 Å². The average Bonchev–Trinajstić information content (AvgIpc) is 2.80. The van der Waals surface area contributed by atoms with E-state index in [1.807, 2.05) is 12.1 Å². The molecule has 178 valence electrons. The van der Waals surface area contributed by atoms with Gasteiger partial charge in [-0.25, -0.2) is 0 Å². The normalized spacial score (nSPS) is 15.2. The fraction of sp³-hybridized carbons (Fsp3) is 0.727. The molecule has 2 rings (SSSR count). The van der Waals surface area contributed by atoms with Crippen LogP contribution in [0.3, 0.4) is 0 Å². The molecule has 1 heterocycles. The second kappa shape index (κ2) is 15.2. The maximum Gasteiger partial charge on any atom is 0.203 e. The third-order valence-corrected chi connectivity index (χ3v) is 5.18. The molecule has 0 atom stereocenters. The van der Waals surface area contributed by atoms with E-state index in [1.54, 1.807) is 21.3 Å². The molecule has 0 spiro atoms. The average molecular weight is 443 g/mol. The van der Waals surface area contributed by atoms with Crippen LogP contribution >= 0.6 is 0 Å². The van der Waals surface area contributed by atoms with Gasteiger partial charge in [0.05, 0.1) is 67.6 Å². The quantitative estimate of drug-likeness (QED) is 0.375. The zero-order valence-electron chi connectivity index (χ0n) is 19.1. The second-order valence-corrected chi connectivity index (χ2v) is 7.17. The predicted molar refractivity (Wildman–Crippen MR) is 117 cm³/mol. The van der Waals surface area contributed by atoms with E-state index >= 15 is 0 Å². The Labute approximate surface area is 185 Å². The lowest BCUT2D eigenvalue weighted by molar-refractivity contribution is 0.00244. The zero-order chi connectivity index (χ0) is 22.3. The number of hydrogen-bond donors (Lipinski definition) is 1. The molecule has 0 aromatic heterocycles. The minimum atomic E-state index is 0.0434. The van der Waals surface area contributed by atoms with Gasteiger partial charge in [0, 0.05) is 44.8 Å². The molecule has 1 N–H and O–H groups in total. The Hall–Kier alpha value is -1.62. The van der Waals surface area contributed by atoms with Gasteiger partial charge >= 0.3 is 0 Å². The molecule has 1 saturated heterocycles. The van der Waals surface area contributed by atoms with E-state index in [-0.39, 0.29) is 6.61 Å². The predicted octanol–water partition coefficient (Wildman–Crippen LogP) is 0.872. The standard InChI is InChI=1S/C22H38N2O7/c1-26-20-5-4-19(21(27-2)22(20)28-3)18-24-8-6-23(7-9-24)10-12-29-14-16-31-17-15-30-13-11-25/h4-5,25H,6-18H2,1-3H3. The number of nitrogens with zero attached hydrogens (tertiary/aromatic N) is 2. The van der Waals surface area contributed by atoms with Crippen molar-refractivity contribution in [2.45, 2.75) is 6.54 Å². The van der Waals surface area contributed by atoms with Crippen molar-refractivity contribution < 1.29 is 33.5 Å². The molecule has 0 aliphatic carbocycles.